The Kier molecular flexibility index (Phi) is 5.85. The van der Waals surface area contributed by atoms with E-state index in [0.29, 0.717) is 24.3 Å². The first kappa shape index (κ1) is 18.3. The number of amides is 4. The summed E-state index contributed by atoms with van der Waals surface area (Å²) >= 11 is 0. The van der Waals surface area contributed by atoms with Crippen molar-refractivity contribution in [3.63, 3.8) is 0 Å². The number of carbonyl (C=O) groups excluding carboxylic acids is 3. The molecule has 0 radical (unpaired) electrons. The lowest BCUT2D eigenvalue weighted by molar-refractivity contribution is -0.117. The maximum absolute atomic E-state index is 12.3. The smallest absolute Gasteiger partial charge is 0.329 e. The van der Waals surface area contributed by atoms with Crippen molar-refractivity contribution in [1.29, 1.82) is 0 Å². The van der Waals surface area contributed by atoms with Crippen molar-refractivity contribution in [2.45, 2.75) is 25.3 Å². The van der Waals surface area contributed by atoms with Crippen molar-refractivity contribution < 1.29 is 19.5 Å². The van der Waals surface area contributed by atoms with Gasteiger partial charge in [-0.15, -0.1) is 0 Å². The summed E-state index contributed by atoms with van der Waals surface area (Å²) in [5.74, 6) is -0.522. The summed E-state index contributed by atoms with van der Waals surface area (Å²) in [6.45, 7) is 2.33. The lowest BCUT2D eigenvalue weighted by atomic mass is 10.0. The van der Waals surface area contributed by atoms with Crippen LogP contribution in [0.25, 0.3) is 0 Å². The molecule has 2 aliphatic heterocycles. The molecule has 8 heteroatoms. The summed E-state index contributed by atoms with van der Waals surface area (Å²) in [5, 5.41) is 14.5. The zero-order valence-electron chi connectivity index (χ0n) is 14.6. The van der Waals surface area contributed by atoms with E-state index < -0.39 is 6.03 Å². The summed E-state index contributed by atoms with van der Waals surface area (Å²) in [6.07, 6.45) is 3.26. The summed E-state index contributed by atoms with van der Waals surface area (Å²) < 4.78 is 0. The Morgan fingerprint density at radius 1 is 1.23 bits per heavy atom. The molecule has 140 valence electrons. The molecule has 2 saturated heterocycles. The van der Waals surface area contributed by atoms with Crippen molar-refractivity contribution >= 4 is 23.5 Å². The number of urea groups is 1. The molecule has 1 aromatic rings. The van der Waals surface area contributed by atoms with Crippen molar-refractivity contribution in [1.82, 2.24) is 15.5 Å². The molecule has 2 fully saturated rings. The molecule has 0 saturated carbocycles. The topological polar surface area (TPSA) is 102 Å². The molecule has 3 N–H and O–H groups in total. The van der Waals surface area contributed by atoms with Crippen molar-refractivity contribution in [2.75, 3.05) is 37.7 Å². The van der Waals surface area contributed by atoms with E-state index in [0.717, 1.165) is 25.8 Å². The molecule has 2 heterocycles. The van der Waals surface area contributed by atoms with E-state index in [1.54, 1.807) is 24.3 Å². The maximum atomic E-state index is 12.3. The van der Waals surface area contributed by atoms with E-state index in [-0.39, 0.29) is 31.0 Å². The summed E-state index contributed by atoms with van der Waals surface area (Å²) in [5.41, 5.74) is 1.07. The van der Waals surface area contributed by atoms with Crippen LogP contribution in [0, 0.1) is 0 Å². The standard InChI is InChI=1S/C18H24N4O4/c23-12-15-3-1-2-9-21(15)10-8-19-17(25)13-4-6-14(7-5-13)22-11-16(24)20-18(22)26/h4-7,15,23H,1-3,8-12H2,(H,19,25)(H,20,24,26). The van der Waals surface area contributed by atoms with E-state index in [9.17, 15) is 19.5 Å². The number of hydrogen-bond donors (Lipinski definition) is 3. The first-order valence-corrected chi connectivity index (χ1v) is 8.93. The van der Waals surface area contributed by atoms with E-state index in [1.807, 2.05) is 0 Å². The number of piperidine rings is 1. The minimum atomic E-state index is -0.452. The quantitative estimate of drug-likeness (QED) is 0.634. The predicted octanol–water partition coefficient (Wildman–Crippen LogP) is 0.319. The number of carbonyl (C=O) groups is 3. The number of aliphatic hydroxyl groups excluding tert-OH is 1. The Balaban J connectivity index is 1.50. The fourth-order valence-corrected chi connectivity index (χ4v) is 3.42. The van der Waals surface area contributed by atoms with Crippen molar-refractivity contribution in [3.8, 4) is 0 Å². The number of imide groups is 1. The Bertz CT molecular complexity index is 676. The Morgan fingerprint density at radius 2 is 2.00 bits per heavy atom. The SMILES string of the molecule is O=C1CN(c2ccc(C(=O)NCCN3CCCCC3CO)cc2)C(=O)N1. The molecule has 0 aliphatic carbocycles. The second-order valence-corrected chi connectivity index (χ2v) is 6.61. The van der Waals surface area contributed by atoms with Crippen LogP contribution in [-0.4, -0.2) is 66.7 Å². The second-order valence-electron chi connectivity index (χ2n) is 6.61. The van der Waals surface area contributed by atoms with Gasteiger partial charge in [0.1, 0.15) is 6.54 Å². The first-order chi connectivity index (χ1) is 12.6. The third-order valence-corrected chi connectivity index (χ3v) is 4.88. The van der Waals surface area contributed by atoms with Crippen LogP contribution in [0.1, 0.15) is 29.6 Å². The van der Waals surface area contributed by atoms with Gasteiger partial charge in [-0.05, 0) is 43.7 Å². The van der Waals surface area contributed by atoms with Crippen LogP contribution in [0.15, 0.2) is 24.3 Å². The van der Waals surface area contributed by atoms with Gasteiger partial charge in [0.25, 0.3) is 5.91 Å². The number of likely N-dealkylation sites (tertiary alicyclic amines) is 1. The van der Waals surface area contributed by atoms with Gasteiger partial charge >= 0.3 is 6.03 Å². The Labute approximate surface area is 152 Å². The second kappa shape index (κ2) is 8.29. The Morgan fingerprint density at radius 3 is 2.65 bits per heavy atom. The van der Waals surface area contributed by atoms with Crippen LogP contribution in [0.2, 0.25) is 0 Å². The van der Waals surface area contributed by atoms with Gasteiger partial charge in [-0.1, -0.05) is 6.42 Å². The van der Waals surface area contributed by atoms with Crippen LogP contribution < -0.4 is 15.5 Å². The Hall–Kier alpha value is -2.45. The van der Waals surface area contributed by atoms with Gasteiger partial charge in [0.05, 0.1) is 6.61 Å². The number of aliphatic hydroxyl groups is 1. The highest BCUT2D eigenvalue weighted by Crippen LogP contribution is 2.18. The third kappa shape index (κ3) is 4.20. The average molecular weight is 360 g/mol. The van der Waals surface area contributed by atoms with E-state index >= 15 is 0 Å². The van der Waals surface area contributed by atoms with Gasteiger partial charge in [0, 0.05) is 30.4 Å². The lowest BCUT2D eigenvalue weighted by Crippen LogP contribution is -2.45. The zero-order valence-corrected chi connectivity index (χ0v) is 14.6. The van der Waals surface area contributed by atoms with Crippen LogP contribution in [0.3, 0.4) is 0 Å². The van der Waals surface area contributed by atoms with Crippen LogP contribution >= 0.6 is 0 Å². The minimum Gasteiger partial charge on any atom is -0.395 e. The highest BCUT2D eigenvalue weighted by atomic mass is 16.3. The van der Waals surface area contributed by atoms with Gasteiger partial charge in [0.2, 0.25) is 5.91 Å². The molecule has 26 heavy (non-hydrogen) atoms. The first-order valence-electron chi connectivity index (χ1n) is 8.93. The minimum absolute atomic E-state index is 0.00770. The summed E-state index contributed by atoms with van der Waals surface area (Å²) in [6, 6.07) is 6.32. The molecule has 1 unspecified atom stereocenters. The average Bonchev–Trinajstić information content (AvgIpc) is 3.00. The van der Waals surface area contributed by atoms with Crippen LogP contribution in [-0.2, 0) is 4.79 Å². The third-order valence-electron chi connectivity index (χ3n) is 4.88. The summed E-state index contributed by atoms with van der Waals surface area (Å²) in [4.78, 5) is 38.7. The largest absolute Gasteiger partial charge is 0.395 e. The molecule has 0 bridgehead atoms. The molecule has 8 nitrogen and oxygen atoms in total. The zero-order chi connectivity index (χ0) is 18.5. The van der Waals surface area contributed by atoms with Gasteiger partial charge in [-0.3, -0.25) is 24.7 Å². The summed E-state index contributed by atoms with van der Waals surface area (Å²) in [7, 11) is 0. The number of anilines is 1. The number of rotatable bonds is 6. The fourth-order valence-electron chi connectivity index (χ4n) is 3.42. The number of hydrogen-bond acceptors (Lipinski definition) is 5. The number of nitrogens with one attached hydrogen (secondary N) is 2. The molecule has 0 aromatic heterocycles. The molecule has 3 rings (SSSR count). The van der Waals surface area contributed by atoms with Gasteiger partial charge < -0.3 is 10.4 Å². The molecular formula is C18H24N4O4. The fraction of sp³-hybridized carbons (Fsp3) is 0.500. The van der Waals surface area contributed by atoms with Crippen molar-refractivity contribution in [3.05, 3.63) is 29.8 Å². The monoisotopic (exact) mass is 360 g/mol. The maximum Gasteiger partial charge on any atom is 0.329 e. The number of nitrogens with zero attached hydrogens (tertiary/aromatic N) is 2. The molecule has 1 aromatic carbocycles. The van der Waals surface area contributed by atoms with Crippen LogP contribution in [0.4, 0.5) is 10.5 Å². The van der Waals surface area contributed by atoms with E-state index in [2.05, 4.69) is 15.5 Å². The molecular weight excluding hydrogens is 336 g/mol. The van der Waals surface area contributed by atoms with Gasteiger partial charge in [-0.2, -0.15) is 0 Å². The normalized spacial score (nSPS) is 21.0. The van der Waals surface area contributed by atoms with Gasteiger partial charge in [0.15, 0.2) is 0 Å². The lowest BCUT2D eigenvalue weighted by Gasteiger charge is -2.34. The molecule has 1 atom stereocenters. The van der Waals surface area contributed by atoms with Crippen LogP contribution in [0.5, 0.6) is 0 Å². The van der Waals surface area contributed by atoms with E-state index in [4.69, 9.17) is 0 Å². The van der Waals surface area contributed by atoms with Crippen molar-refractivity contribution in [2.24, 2.45) is 0 Å². The highest BCUT2D eigenvalue weighted by molar-refractivity contribution is 6.12. The molecule has 2 aliphatic rings. The highest BCUT2D eigenvalue weighted by Gasteiger charge is 2.28. The molecule has 4 amide bonds. The number of benzene rings is 1. The predicted molar refractivity (Wildman–Crippen MR) is 96.0 cm³/mol. The molecule has 0 spiro atoms. The van der Waals surface area contributed by atoms with Gasteiger partial charge in [-0.25, -0.2) is 4.79 Å². The van der Waals surface area contributed by atoms with E-state index in [1.165, 1.54) is 4.90 Å².